The van der Waals surface area contributed by atoms with E-state index in [0.29, 0.717) is 38.3 Å². The Hall–Kier alpha value is -2.45. The van der Waals surface area contributed by atoms with Crippen molar-refractivity contribution >= 4 is 23.5 Å². The van der Waals surface area contributed by atoms with Gasteiger partial charge in [-0.05, 0) is 61.1 Å². The van der Waals surface area contributed by atoms with E-state index in [1.807, 2.05) is 18.5 Å². The molecule has 1 aromatic carbocycles. The van der Waals surface area contributed by atoms with Crippen molar-refractivity contribution in [2.45, 2.75) is 52.5 Å². The molecule has 3 heterocycles. The van der Waals surface area contributed by atoms with Crippen LogP contribution >= 0.6 is 11.6 Å². The molecule has 9 heteroatoms. The number of halogens is 2. The van der Waals surface area contributed by atoms with Crippen molar-refractivity contribution in [2.75, 3.05) is 19.8 Å². The highest BCUT2D eigenvalue weighted by Gasteiger charge is 2.39. The molecule has 33 heavy (non-hydrogen) atoms. The van der Waals surface area contributed by atoms with Gasteiger partial charge in [-0.3, -0.25) is 9.48 Å². The van der Waals surface area contributed by atoms with E-state index in [4.69, 9.17) is 21.4 Å². The molecular weight excluding hydrogens is 449 g/mol. The van der Waals surface area contributed by atoms with Crippen molar-refractivity contribution in [2.24, 2.45) is 11.3 Å². The van der Waals surface area contributed by atoms with Gasteiger partial charge in [0.15, 0.2) is 0 Å². The third-order valence-electron chi connectivity index (χ3n) is 6.88. The lowest BCUT2D eigenvalue weighted by molar-refractivity contribution is 0.0152. The molecule has 1 aromatic heterocycles. The zero-order valence-electron chi connectivity index (χ0n) is 18.9. The summed E-state index contributed by atoms with van der Waals surface area (Å²) in [6, 6.07) is 2.33. The second kappa shape index (κ2) is 9.43. The predicted octanol–water partition coefficient (Wildman–Crippen LogP) is 3.90. The fraction of sp³-hybridized carbons (Fsp3) is 0.542. The van der Waals surface area contributed by atoms with E-state index in [2.05, 4.69) is 5.32 Å². The maximum absolute atomic E-state index is 14.1. The van der Waals surface area contributed by atoms with Crippen LogP contribution in [0.25, 0.3) is 0 Å². The number of carboxylic acid groups (broad SMARTS) is 1. The van der Waals surface area contributed by atoms with Gasteiger partial charge in [0, 0.05) is 26.3 Å². The highest BCUT2D eigenvalue weighted by molar-refractivity contribution is 6.32. The molecule has 1 spiro atoms. The zero-order chi connectivity index (χ0) is 23.8. The number of carboxylic acids is 1. The number of rotatable bonds is 6. The van der Waals surface area contributed by atoms with Crippen LogP contribution < -0.4 is 5.32 Å². The maximum atomic E-state index is 14.1. The molecule has 1 fully saturated rings. The zero-order valence-corrected chi connectivity index (χ0v) is 19.7. The minimum atomic E-state index is -1.14. The van der Waals surface area contributed by atoms with Crippen molar-refractivity contribution in [3.8, 4) is 0 Å². The van der Waals surface area contributed by atoms with E-state index >= 15 is 0 Å². The van der Waals surface area contributed by atoms with Crippen molar-refractivity contribution < 1.29 is 23.8 Å². The molecule has 0 bridgehead atoms. The maximum Gasteiger partial charge on any atom is 0.336 e. The van der Waals surface area contributed by atoms with Crippen molar-refractivity contribution in [1.29, 1.82) is 0 Å². The number of carbonyl (C=O) groups is 2. The quantitative estimate of drug-likeness (QED) is 0.658. The van der Waals surface area contributed by atoms with Crippen molar-refractivity contribution in [1.82, 2.24) is 15.1 Å². The van der Waals surface area contributed by atoms with Crippen LogP contribution in [-0.2, 0) is 30.5 Å². The Morgan fingerprint density at radius 1 is 1.39 bits per heavy atom. The molecule has 0 radical (unpaired) electrons. The highest BCUT2D eigenvalue weighted by atomic mass is 35.5. The Morgan fingerprint density at radius 3 is 2.79 bits per heavy atom. The van der Waals surface area contributed by atoms with E-state index < -0.39 is 11.8 Å². The van der Waals surface area contributed by atoms with Gasteiger partial charge in [0.05, 0.1) is 27.5 Å². The molecule has 178 valence electrons. The molecule has 0 aliphatic carbocycles. The average molecular weight is 478 g/mol. The molecule has 0 saturated carbocycles. The number of aromatic nitrogens is 2. The Morgan fingerprint density at radius 2 is 2.12 bits per heavy atom. The number of ether oxygens (including phenoxy) is 1. The second-order valence-corrected chi connectivity index (χ2v) is 9.66. The fourth-order valence-electron chi connectivity index (χ4n) is 5.02. The first-order chi connectivity index (χ1) is 15.7. The smallest absolute Gasteiger partial charge is 0.336 e. The number of aromatic carboxylic acids is 1. The average Bonchev–Trinajstić information content (AvgIpc) is 3.05. The number of nitrogens with zero attached hydrogens (tertiary/aromatic N) is 2. The summed E-state index contributed by atoms with van der Waals surface area (Å²) in [5, 5.41) is 17.2. The number of hydrogen-bond acceptors (Lipinski definition) is 4. The molecule has 0 unspecified atom stereocenters. The number of carbonyl (C=O) groups excluding carboxylic acids is 1. The third kappa shape index (κ3) is 4.64. The first-order valence-corrected chi connectivity index (χ1v) is 11.8. The molecule has 7 nitrogen and oxygen atoms in total. The number of fused-ring (bicyclic) bond motifs is 1. The Bertz CT molecular complexity index is 1080. The molecule has 2 aromatic rings. The minimum Gasteiger partial charge on any atom is -0.478 e. The summed E-state index contributed by atoms with van der Waals surface area (Å²) in [6.07, 6.45) is 3.38. The third-order valence-corrected chi connectivity index (χ3v) is 7.28. The number of nitrogens with one attached hydrogen (secondary N) is 1. The minimum absolute atomic E-state index is 0.00216. The van der Waals surface area contributed by atoms with Crippen LogP contribution in [-0.4, -0.2) is 46.5 Å². The van der Waals surface area contributed by atoms with Gasteiger partial charge in [-0.2, -0.15) is 5.10 Å². The number of benzene rings is 1. The van der Waals surface area contributed by atoms with Crippen molar-refractivity contribution in [3.05, 3.63) is 51.1 Å². The van der Waals surface area contributed by atoms with Crippen LogP contribution in [0.15, 0.2) is 12.1 Å². The first kappa shape index (κ1) is 23.7. The van der Waals surface area contributed by atoms with Crippen LogP contribution in [0.1, 0.15) is 64.4 Å². The highest BCUT2D eigenvalue weighted by Crippen LogP contribution is 2.37. The van der Waals surface area contributed by atoms with Crippen molar-refractivity contribution in [3.63, 3.8) is 0 Å². The van der Waals surface area contributed by atoms with Crippen LogP contribution in [0.3, 0.4) is 0 Å². The van der Waals surface area contributed by atoms with E-state index in [1.54, 1.807) is 0 Å². The van der Waals surface area contributed by atoms with Gasteiger partial charge in [-0.1, -0.05) is 25.4 Å². The number of aryl methyl sites for hydroxylation is 1. The summed E-state index contributed by atoms with van der Waals surface area (Å²) in [4.78, 5) is 24.6. The molecule has 2 N–H and O–H groups in total. The van der Waals surface area contributed by atoms with Gasteiger partial charge in [-0.25, -0.2) is 9.18 Å². The lowest BCUT2D eigenvalue weighted by atomic mass is 9.76. The summed E-state index contributed by atoms with van der Waals surface area (Å²) < 4.78 is 21.5. The van der Waals surface area contributed by atoms with Gasteiger partial charge in [0.25, 0.3) is 5.91 Å². The van der Waals surface area contributed by atoms with Gasteiger partial charge >= 0.3 is 5.97 Å². The SMILES string of the molecule is CCc1nn(C[C@H](C)Cc2c(C(=O)O)ccc(F)c2Cl)c2c1C(=O)NCC1(CCOCC1)C2. The van der Waals surface area contributed by atoms with Gasteiger partial charge in [-0.15, -0.1) is 0 Å². The molecule has 2 aliphatic heterocycles. The lowest BCUT2D eigenvalue weighted by Gasteiger charge is -2.36. The Labute approximate surface area is 197 Å². The van der Waals surface area contributed by atoms with Crippen LogP contribution in [0.5, 0.6) is 0 Å². The summed E-state index contributed by atoms with van der Waals surface area (Å²) in [6.45, 7) is 6.36. The first-order valence-electron chi connectivity index (χ1n) is 11.4. The number of amides is 1. The summed E-state index contributed by atoms with van der Waals surface area (Å²) in [5.74, 6) is -1.96. The van der Waals surface area contributed by atoms with E-state index in [-0.39, 0.29) is 39.8 Å². The van der Waals surface area contributed by atoms with Gasteiger partial charge < -0.3 is 15.2 Å². The summed E-state index contributed by atoms with van der Waals surface area (Å²) in [5.41, 5.74) is 2.55. The molecule has 1 amide bonds. The normalized spacial score (nSPS) is 18.5. The second-order valence-electron chi connectivity index (χ2n) is 9.28. The Balaban J connectivity index is 1.65. The monoisotopic (exact) mass is 477 g/mol. The largest absolute Gasteiger partial charge is 0.478 e. The number of hydrogen-bond donors (Lipinski definition) is 2. The van der Waals surface area contributed by atoms with E-state index in [1.165, 1.54) is 6.07 Å². The predicted molar refractivity (Wildman–Crippen MR) is 121 cm³/mol. The van der Waals surface area contributed by atoms with Gasteiger partial charge in [0.1, 0.15) is 5.82 Å². The van der Waals surface area contributed by atoms with Gasteiger partial charge in [0.2, 0.25) is 0 Å². The summed E-state index contributed by atoms with van der Waals surface area (Å²) in [7, 11) is 0. The molecule has 4 rings (SSSR count). The standard InChI is InChI=1S/C24H29ClFN3O4/c1-3-18-20-19(11-24(13-27-22(20)30)6-8-33-9-7-24)29(28-18)12-14(2)10-16-15(23(31)32)4-5-17(26)21(16)25/h4-5,14H,3,6-13H2,1-2H3,(H,27,30)(H,31,32)/t14-/m1/s1. The lowest BCUT2D eigenvalue weighted by Crippen LogP contribution is -2.40. The molecule has 2 aliphatic rings. The van der Waals surface area contributed by atoms with Crippen LogP contribution in [0.4, 0.5) is 4.39 Å². The molecule has 1 saturated heterocycles. The molecular formula is C24H29ClFN3O4. The summed E-state index contributed by atoms with van der Waals surface area (Å²) >= 11 is 6.14. The Kier molecular flexibility index (Phi) is 6.77. The topological polar surface area (TPSA) is 93.5 Å². The van der Waals surface area contributed by atoms with Crippen LogP contribution in [0.2, 0.25) is 5.02 Å². The van der Waals surface area contributed by atoms with Crippen LogP contribution in [0, 0.1) is 17.2 Å². The van der Waals surface area contributed by atoms with E-state index in [0.717, 1.165) is 36.7 Å². The van der Waals surface area contributed by atoms with E-state index in [9.17, 15) is 19.1 Å². The molecule has 1 atom stereocenters. The fourth-order valence-corrected chi connectivity index (χ4v) is 5.27.